The van der Waals surface area contributed by atoms with E-state index in [9.17, 15) is 0 Å². The van der Waals surface area contributed by atoms with E-state index in [1.807, 2.05) is 0 Å². The molecule has 1 atom stereocenters. The van der Waals surface area contributed by atoms with E-state index < -0.39 is 0 Å². The average Bonchev–Trinajstić information content (AvgIpc) is 2.74. The summed E-state index contributed by atoms with van der Waals surface area (Å²) in [5.41, 5.74) is 3.67. The lowest BCUT2D eigenvalue weighted by Crippen LogP contribution is -2.01. The lowest BCUT2D eigenvalue weighted by molar-refractivity contribution is 0.730. The minimum atomic E-state index is 0.447. The smallest absolute Gasteiger partial charge is 0.0830 e. The maximum atomic E-state index is 4.09. The lowest BCUT2D eigenvalue weighted by atomic mass is 9.93. The summed E-state index contributed by atoms with van der Waals surface area (Å²) in [5.74, 6) is 0.447. The Morgan fingerprint density at radius 1 is 1.44 bits per heavy atom. The first kappa shape index (κ1) is 11.3. The summed E-state index contributed by atoms with van der Waals surface area (Å²) in [7, 11) is 0. The number of nitrogens with zero attached hydrogens (tertiary/aromatic N) is 2. The topological polar surface area (TPSA) is 41.6 Å². The Labute approximate surface area is 103 Å². The van der Waals surface area contributed by atoms with E-state index in [0.29, 0.717) is 5.92 Å². The fraction of sp³-hybridized carbons (Fsp3) is 0.333. The molecule has 0 saturated heterocycles. The van der Waals surface area contributed by atoms with Gasteiger partial charge in [0.05, 0.1) is 11.9 Å². The van der Waals surface area contributed by atoms with E-state index in [2.05, 4.69) is 63.4 Å². The van der Waals surface area contributed by atoms with Crippen molar-refractivity contribution in [3.8, 4) is 0 Å². The van der Waals surface area contributed by atoms with E-state index in [1.54, 1.807) is 6.20 Å². The van der Waals surface area contributed by atoms with E-state index in [4.69, 9.17) is 0 Å². The number of H-pyrrole nitrogens is 1. The van der Waals surface area contributed by atoms with Gasteiger partial charge in [0.25, 0.3) is 0 Å². The Hall–Kier alpha value is -1.16. The third-order valence-corrected chi connectivity index (χ3v) is 3.68. The van der Waals surface area contributed by atoms with Crippen molar-refractivity contribution in [2.45, 2.75) is 26.2 Å². The molecule has 16 heavy (non-hydrogen) atoms. The fourth-order valence-corrected chi connectivity index (χ4v) is 2.29. The first-order valence-corrected chi connectivity index (χ1v) is 6.07. The zero-order valence-electron chi connectivity index (χ0n) is 9.37. The van der Waals surface area contributed by atoms with Gasteiger partial charge in [0.2, 0.25) is 0 Å². The molecule has 2 aromatic rings. The van der Waals surface area contributed by atoms with Crippen molar-refractivity contribution in [2.75, 3.05) is 0 Å². The van der Waals surface area contributed by atoms with E-state index in [0.717, 1.165) is 16.6 Å². The molecular formula is C12H14BrN3. The third kappa shape index (κ3) is 2.32. The Morgan fingerprint density at radius 2 is 2.25 bits per heavy atom. The Morgan fingerprint density at radius 3 is 2.94 bits per heavy atom. The summed E-state index contributed by atoms with van der Waals surface area (Å²) in [6, 6.07) is 6.32. The Bertz CT molecular complexity index is 465. The molecule has 4 heteroatoms. The number of hydrogen-bond acceptors (Lipinski definition) is 2. The van der Waals surface area contributed by atoms with Gasteiger partial charge in [-0.2, -0.15) is 15.4 Å². The van der Waals surface area contributed by atoms with E-state index >= 15 is 0 Å². The van der Waals surface area contributed by atoms with Gasteiger partial charge >= 0.3 is 0 Å². The van der Waals surface area contributed by atoms with Gasteiger partial charge in [-0.15, -0.1) is 0 Å². The van der Waals surface area contributed by atoms with Crippen LogP contribution in [0, 0.1) is 6.92 Å². The summed E-state index contributed by atoms with van der Waals surface area (Å²) in [6.07, 6.45) is 2.69. The number of aromatic nitrogens is 3. The van der Waals surface area contributed by atoms with Crippen molar-refractivity contribution in [1.82, 2.24) is 15.4 Å². The van der Waals surface area contributed by atoms with Gasteiger partial charge < -0.3 is 0 Å². The highest BCUT2D eigenvalue weighted by atomic mass is 79.9. The van der Waals surface area contributed by atoms with E-state index in [-0.39, 0.29) is 0 Å². The summed E-state index contributed by atoms with van der Waals surface area (Å²) in [4.78, 5) is 0. The number of benzene rings is 1. The first-order chi connectivity index (χ1) is 7.68. The molecule has 0 spiro atoms. The van der Waals surface area contributed by atoms with Gasteiger partial charge in [0, 0.05) is 4.47 Å². The van der Waals surface area contributed by atoms with Crippen LogP contribution in [0.4, 0.5) is 0 Å². The zero-order chi connectivity index (χ0) is 11.5. The predicted octanol–water partition coefficient (Wildman–Crippen LogP) is 3.22. The van der Waals surface area contributed by atoms with Gasteiger partial charge in [-0.25, -0.2) is 0 Å². The van der Waals surface area contributed by atoms with Gasteiger partial charge in [0.1, 0.15) is 0 Å². The van der Waals surface area contributed by atoms with Gasteiger partial charge in [-0.05, 0) is 36.5 Å². The molecule has 0 radical (unpaired) electrons. The largest absolute Gasteiger partial charge is 0.198 e. The molecule has 1 unspecified atom stereocenters. The minimum Gasteiger partial charge on any atom is -0.198 e. The molecule has 2 rings (SSSR count). The molecule has 3 nitrogen and oxygen atoms in total. The number of nitrogens with one attached hydrogen (secondary N) is 1. The van der Waals surface area contributed by atoms with Crippen molar-refractivity contribution < 1.29 is 0 Å². The molecule has 0 aliphatic carbocycles. The second kappa shape index (κ2) is 4.78. The molecule has 1 aromatic carbocycles. The second-order valence-corrected chi connectivity index (χ2v) is 4.87. The predicted molar refractivity (Wildman–Crippen MR) is 67.4 cm³/mol. The van der Waals surface area contributed by atoms with Crippen molar-refractivity contribution >= 4 is 15.9 Å². The fourth-order valence-electron chi connectivity index (χ4n) is 1.91. The van der Waals surface area contributed by atoms with Crippen LogP contribution in [0.3, 0.4) is 0 Å². The van der Waals surface area contributed by atoms with Crippen LogP contribution in [0.2, 0.25) is 0 Å². The highest BCUT2D eigenvalue weighted by Gasteiger charge is 2.11. The van der Waals surface area contributed by atoms with Gasteiger partial charge in [-0.3, -0.25) is 0 Å². The van der Waals surface area contributed by atoms with Crippen LogP contribution in [0.5, 0.6) is 0 Å². The zero-order valence-corrected chi connectivity index (χ0v) is 11.0. The highest BCUT2D eigenvalue weighted by molar-refractivity contribution is 9.10. The van der Waals surface area contributed by atoms with Crippen molar-refractivity contribution in [2.24, 2.45) is 0 Å². The molecule has 1 aromatic heterocycles. The van der Waals surface area contributed by atoms with Crippen LogP contribution in [0.1, 0.15) is 29.7 Å². The van der Waals surface area contributed by atoms with Crippen LogP contribution < -0.4 is 0 Å². The van der Waals surface area contributed by atoms with E-state index in [1.165, 1.54) is 11.1 Å². The van der Waals surface area contributed by atoms with Crippen LogP contribution in [-0.4, -0.2) is 15.4 Å². The van der Waals surface area contributed by atoms with Crippen molar-refractivity contribution in [3.05, 3.63) is 45.7 Å². The van der Waals surface area contributed by atoms with Crippen LogP contribution >= 0.6 is 15.9 Å². The van der Waals surface area contributed by atoms with Crippen molar-refractivity contribution in [1.29, 1.82) is 0 Å². The molecule has 1 heterocycles. The molecule has 0 fully saturated rings. The maximum Gasteiger partial charge on any atom is 0.0830 e. The number of halogens is 1. The second-order valence-electron chi connectivity index (χ2n) is 4.02. The normalized spacial score (nSPS) is 12.7. The van der Waals surface area contributed by atoms with Gasteiger partial charge in [0.15, 0.2) is 0 Å². The van der Waals surface area contributed by atoms with Gasteiger partial charge in [-0.1, -0.05) is 35.0 Å². The molecule has 0 aliphatic rings. The van der Waals surface area contributed by atoms with Crippen LogP contribution in [0.15, 0.2) is 28.9 Å². The summed E-state index contributed by atoms with van der Waals surface area (Å²) < 4.78 is 1.16. The number of aromatic amines is 1. The molecular weight excluding hydrogens is 266 g/mol. The SMILES string of the molecule is Cc1c(Br)cccc1C(C)Cc1cn[nH]n1. The minimum absolute atomic E-state index is 0.447. The lowest BCUT2D eigenvalue weighted by Gasteiger charge is -2.14. The average molecular weight is 280 g/mol. The molecule has 0 bridgehead atoms. The summed E-state index contributed by atoms with van der Waals surface area (Å²) >= 11 is 3.56. The number of hydrogen-bond donors (Lipinski definition) is 1. The molecule has 0 amide bonds. The molecule has 0 saturated carbocycles. The van der Waals surface area contributed by atoms with Crippen molar-refractivity contribution in [3.63, 3.8) is 0 Å². The monoisotopic (exact) mass is 279 g/mol. The summed E-state index contributed by atoms with van der Waals surface area (Å²) in [6.45, 7) is 4.35. The highest BCUT2D eigenvalue weighted by Crippen LogP contribution is 2.27. The standard InChI is InChI=1S/C12H14BrN3/c1-8(6-10-7-14-16-15-10)11-4-3-5-12(13)9(11)2/h3-5,7-8H,6H2,1-2H3,(H,14,15,16). The molecule has 1 N–H and O–H groups in total. The van der Waals surface area contributed by atoms with Crippen LogP contribution in [0.25, 0.3) is 0 Å². The Kier molecular flexibility index (Phi) is 3.39. The third-order valence-electron chi connectivity index (χ3n) is 2.82. The molecule has 84 valence electrons. The summed E-state index contributed by atoms with van der Waals surface area (Å²) in [5, 5.41) is 10.6. The van der Waals surface area contributed by atoms with Crippen LogP contribution in [-0.2, 0) is 6.42 Å². The first-order valence-electron chi connectivity index (χ1n) is 5.28. The quantitative estimate of drug-likeness (QED) is 0.937. The molecule has 0 aliphatic heterocycles. The number of rotatable bonds is 3. The Balaban J connectivity index is 2.21. The maximum absolute atomic E-state index is 4.09.